The van der Waals surface area contributed by atoms with Crippen LogP contribution in [0.5, 0.6) is 0 Å². The molecule has 0 spiro atoms. The summed E-state index contributed by atoms with van der Waals surface area (Å²) in [4.78, 5) is 30.7. The number of hydrogen-bond acceptors (Lipinski definition) is 7. The second-order valence-electron chi connectivity index (χ2n) is 6.87. The largest absolute Gasteiger partial charge is 0.383 e. The van der Waals surface area contributed by atoms with E-state index in [1.807, 2.05) is 13.0 Å². The van der Waals surface area contributed by atoms with Crippen LogP contribution >= 0.6 is 0 Å². The van der Waals surface area contributed by atoms with Crippen molar-refractivity contribution in [1.29, 1.82) is 5.41 Å². The molecule has 0 atom stereocenters. The van der Waals surface area contributed by atoms with Gasteiger partial charge in [-0.2, -0.15) is 0 Å². The van der Waals surface area contributed by atoms with E-state index in [0.717, 1.165) is 5.56 Å². The molecule has 4 aromatic rings. The highest BCUT2D eigenvalue weighted by Gasteiger charge is 2.19. The van der Waals surface area contributed by atoms with Crippen LogP contribution in [0.1, 0.15) is 21.7 Å². The van der Waals surface area contributed by atoms with Gasteiger partial charge in [0.1, 0.15) is 22.5 Å². The van der Waals surface area contributed by atoms with Crippen LogP contribution in [0.25, 0.3) is 16.7 Å². The highest BCUT2D eigenvalue weighted by atomic mass is 16.5. The molecule has 0 unspecified atom stereocenters. The van der Waals surface area contributed by atoms with Gasteiger partial charge in [-0.3, -0.25) is 19.4 Å². The number of ether oxygens (including phenoxy) is 1. The van der Waals surface area contributed by atoms with Gasteiger partial charge < -0.3 is 19.1 Å². The average Bonchev–Trinajstić information content (AvgIpc) is 3.12. The van der Waals surface area contributed by atoms with E-state index >= 15 is 0 Å². The van der Waals surface area contributed by atoms with Crippen LogP contribution in [0, 0.1) is 19.3 Å². The van der Waals surface area contributed by atoms with Crippen LogP contribution in [0.3, 0.4) is 0 Å². The van der Waals surface area contributed by atoms with Crippen molar-refractivity contribution in [2.24, 2.45) is 0 Å². The summed E-state index contributed by atoms with van der Waals surface area (Å²) in [6, 6.07) is 6.58. The van der Waals surface area contributed by atoms with Gasteiger partial charge in [0.15, 0.2) is 5.82 Å². The first-order valence-corrected chi connectivity index (χ1v) is 9.24. The predicted molar refractivity (Wildman–Crippen MR) is 109 cm³/mol. The number of carbonyl (C=O) groups excluding carboxylic acids is 1. The first-order chi connectivity index (χ1) is 14.4. The number of rotatable bonds is 5. The van der Waals surface area contributed by atoms with Gasteiger partial charge in [0.2, 0.25) is 0 Å². The van der Waals surface area contributed by atoms with Crippen LogP contribution in [-0.4, -0.2) is 38.7 Å². The third-order valence-corrected chi connectivity index (χ3v) is 4.77. The van der Waals surface area contributed by atoms with Crippen molar-refractivity contribution in [3.05, 3.63) is 63.2 Å². The van der Waals surface area contributed by atoms with Gasteiger partial charge in [-0.25, -0.2) is 4.98 Å². The molecule has 2 N–H and O–H groups in total. The molecule has 4 rings (SSSR count). The Hall–Kier alpha value is -3.79. The zero-order valence-corrected chi connectivity index (χ0v) is 16.7. The number of methoxy groups -OCH3 is 1. The average molecular weight is 408 g/mol. The number of aromatic nitrogens is 4. The van der Waals surface area contributed by atoms with Crippen molar-refractivity contribution in [3.8, 4) is 0 Å². The van der Waals surface area contributed by atoms with E-state index in [2.05, 4.69) is 15.5 Å². The number of carbonyl (C=O) groups is 1. The fourth-order valence-corrected chi connectivity index (χ4v) is 3.28. The van der Waals surface area contributed by atoms with Crippen molar-refractivity contribution >= 4 is 28.4 Å². The number of anilines is 1. The minimum Gasteiger partial charge on any atom is -0.383 e. The Morgan fingerprint density at radius 3 is 2.80 bits per heavy atom. The van der Waals surface area contributed by atoms with Gasteiger partial charge in [-0.1, -0.05) is 11.2 Å². The first-order valence-electron chi connectivity index (χ1n) is 9.24. The van der Waals surface area contributed by atoms with E-state index in [1.165, 1.54) is 22.1 Å². The molecule has 0 saturated carbocycles. The highest BCUT2D eigenvalue weighted by molar-refractivity contribution is 6.05. The Bertz CT molecular complexity index is 1400. The molecule has 154 valence electrons. The number of nitrogens with zero attached hydrogens (tertiary/aromatic N) is 4. The molecule has 1 amide bonds. The standard InChI is InChI=1S/C20H20N6O4/c1-11-5-4-6-26-17(11)23-18-14(20(26)28)10-13(16(21)25(18)7-8-29-3)19(27)22-15-9-12(2)30-24-15/h4-6,9-10,21H,7-8H2,1-3H3,(H,22,24,27). The summed E-state index contributed by atoms with van der Waals surface area (Å²) in [6.45, 7) is 4.10. The Morgan fingerprint density at radius 1 is 1.30 bits per heavy atom. The normalized spacial score (nSPS) is 11.3. The summed E-state index contributed by atoms with van der Waals surface area (Å²) >= 11 is 0. The van der Waals surface area contributed by atoms with Crippen LogP contribution in [0.15, 0.2) is 39.8 Å². The lowest BCUT2D eigenvalue weighted by atomic mass is 10.2. The molecule has 10 nitrogen and oxygen atoms in total. The quantitative estimate of drug-likeness (QED) is 0.483. The number of aryl methyl sites for hydroxylation is 2. The molecule has 0 aromatic carbocycles. The number of amides is 1. The second kappa shape index (κ2) is 7.56. The van der Waals surface area contributed by atoms with Gasteiger partial charge in [0, 0.05) is 25.9 Å². The number of fused-ring (bicyclic) bond motifs is 2. The SMILES string of the molecule is COCCn1c(=N)c(C(=O)Nc2cc(C)on2)cc2c(=O)n3cccc(C)c3nc21. The van der Waals surface area contributed by atoms with Gasteiger partial charge in [-0.15, -0.1) is 0 Å². The van der Waals surface area contributed by atoms with E-state index in [0.29, 0.717) is 17.1 Å². The van der Waals surface area contributed by atoms with E-state index in [4.69, 9.17) is 14.7 Å². The lowest BCUT2D eigenvalue weighted by Gasteiger charge is -2.14. The van der Waals surface area contributed by atoms with Crippen molar-refractivity contribution in [2.45, 2.75) is 20.4 Å². The lowest BCUT2D eigenvalue weighted by molar-refractivity contribution is 0.102. The Balaban J connectivity index is 1.97. The van der Waals surface area contributed by atoms with Crippen LogP contribution in [0.4, 0.5) is 5.82 Å². The van der Waals surface area contributed by atoms with Crippen LogP contribution < -0.4 is 16.4 Å². The van der Waals surface area contributed by atoms with E-state index in [9.17, 15) is 9.59 Å². The topological polar surface area (TPSA) is 128 Å². The molecule has 0 radical (unpaired) electrons. The van der Waals surface area contributed by atoms with Crippen LogP contribution in [0.2, 0.25) is 0 Å². The summed E-state index contributed by atoms with van der Waals surface area (Å²) in [7, 11) is 1.54. The summed E-state index contributed by atoms with van der Waals surface area (Å²) < 4.78 is 13.1. The zero-order valence-electron chi connectivity index (χ0n) is 16.7. The fraction of sp³-hybridized carbons (Fsp3) is 0.250. The van der Waals surface area contributed by atoms with Crippen molar-refractivity contribution in [3.63, 3.8) is 0 Å². The van der Waals surface area contributed by atoms with Gasteiger partial charge >= 0.3 is 0 Å². The molecule has 0 saturated heterocycles. The molecular weight excluding hydrogens is 388 g/mol. The third-order valence-electron chi connectivity index (χ3n) is 4.77. The molecule has 0 fully saturated rings. The summed E-state index contributed by atoms with van der Waals surface area (Å²) in [5.74, 6) is 0.189. The van der Waals surface area contributed by atoms with Crippen LogP contribution in [-0.2, 0) is 11.3 Å². The molecule has 30 heavy (non-hydrogen) atoms. The maximum Gasteiger partial charge on any atom is 0.267 e. The number of hydrogen-bond donors (Lipinski definition) is 2. The van der Waals surface area contributed by atoms with Crippen molar-refractivity contribution in [1.82, 2.24) is 19.1 Å². The Labute approximate surface area is 170 Å². The third kappa shape index (κ3) is 3.26. The lowest BCUT2D eigenvalue weighted by Crippen LogP contribution is -2.33. The highest BCUT2D eigenvalue weighted by Crippen LogP contribution is 2.14. The molecule has 0 aliphatic carbocycles. The predicted octanol–water partition coefficient (Wildman–Crippen LogP) is 1.63. The smallest absolute Gasteiger partial charge is 0.267 e. The maximum absolute atomic E-state index is 13.2. The molecule has 10 heteroatoms. The molecule has 0 aliphatic rings. The van der Waals surface area contributed by atoms with E-state index in [-0.39, 0.29) is 41.0 Å². The molecule has 0 bridgehead atoms. The van der Waals surface area contributed by atoms with Gasteiger partial charge in [0.05, 0.1) is 17.6 Å². The zero-order chi connectivity index (χ0) is 21.4. The maximum atomic E-state index is 13.2. The summed E-state index contributed by atoms with van der Waals surface area (Å²) in [6.07, 6.45) is 1.63. The molecule has 0 aliphatic heterocycles. The van der Waals surface area contributed by atoms with E-state index in [1.54, 1.807) is 25.3 Å². The fourth-order valence-electron chi connectivity index (χ4n) is 3.28. The van der Waals surface area contributed by atoms with Crippen molar-refractivity contribution < 1.29 is 14.1 Å². The van der Waals surface area contributed by atoms with Crippen molar-refractivity contribution in [2.75, 3.05) is 19.0 Å². The molecule has 4 heterocycles. The number of pyridine rings is 2. The first kappa shape index (κ1) is 19.5. The minimum absolute atomic E-state index is 0.0192. The Kier molecular flexibility index (Phi) is 4.92. The molecular formula is C20H20N6O4. The summed E-state index contributed by atoms with van der Waals surface area (Å²) in [5, 5.41) is 15.2. The Morgan fingerprint density at radius 2 is 2.10 bits per heavy atom. The molecule has 4 aromatic heterocycles. The summed E-state index contributed by atoms with van der Waals surface area (Å²) in [5.41, 5.74) is 1.26. The van der Waals surface area contributed by atoms with E-state index < -0.39 is 5.91 Å². The number of nitrogens with one attached hydrogen (secondary N) is 2. The van der Waals surface area contributed by atoms with Gasteiger partial charge in [-0.05, 0) is 31.5 Å². The second-order valence-corrected chi connectivity index (χ2v) is 6.87. The van der Waals surface area contributed by atoms with Gasteiger partial charge in [0.25, 0.3) is 11.5 Å². The monoisotopic (exact) mass is 408 g/mol. The minimum atomic E-state index is -0.574.